The van der Waals surface area contributed by atoms with Gasteiger partial charge in [0.2, 0.25) is 10.0 Å². The molecule has 1 aromatic rings. The highest BCUT2D eigenvalue weighted by atomic mass is 32.2. The van der Waals surface area contributed by atoms with Crippen LogP contribution in [-0.4, -0.2) is 54.0 Å². The van der Waals surface area contributed by atoms with Gasteiger partial charge in [-0.2, -0.15) is 5.10 Å². The summed E-state index contributed by atoms with van der Waals surface area (Å²) < 4.78 is 29.5. The number of aryl methyl sites for hydroxylation is 2. The van der Waals surface area contributed by atoms with Gasteiger partial charge in [0.25, 0.3) is 0 Å². The summed E-state index contributed by atoms with van der Waals surface area (Å²) >= 11 is 0. The summed E-state index contributed by atoms with van der Waals surface area (Å²) in [5.41, 5.74) is 1.19. The molecule has 1 aliphatic carbocycles. The van der Waals surface area contributed by atoms with Gasteiger partial charge in [0.15, 0.2) is 0 Å². The van der Waals surface area contributed by atoms with Crippen molar-refractivity contribution in [2.75, 3.05) is 19.6 Å². The SMILES string of the molecule is CCC[C@H]1CN(CCCn2cc(C)cn2)C[C@@H]1NS(=O)(=O)C1CC1. The molecule has 24 heavy (non-hydrogen) atoms. The Labute approximate surface area is 145 Å². The second-order valence-corrected chi connectivity index (χ2v) is 9.40. The molecule has 1 saturated carbocycles. The lowest BCUT2D eigenvalue weighted by Crippen LogP contribution is -2.42. The van der Waals surface area contributed by atoms with E-state index in [1.807, 2.05) is 10.9 Å². The highest BCUT2D eigenvalue weighted by molar-refractivity contribution is 7.90. The Bertz CT molecular complexity index is 639. The quantitative estimate of drug-likeness (QED) is 0.734. The Hall–Kier alpha value is -0.920. The third-order valence-electron chi connectivity index (χ3n) is 5.08. The van der Waals surface area contributed by atoms with E-state index in [0.29, 0.717) is 5.92 Å². The number of nitrogens with zero attached hydrogens (tertiary/aromatic N) is 3. The highest BCUT2D eigenvalue weighted by Gasteiger charge is 2.40. The third-order valence-corrected chi connectivity index (χ3v) is 7.06. The molecule has 1 N–H and O–H groups in total. The lowest BCUT2D eigenvalue weighted by Gasteiger charge is -2.19. The van der Waals surface area contributed by atoms with Crippen LogP contribution in [-0.2, 0) is 16.6 Å². The van der Waals surface area contributed by atoms with Crippen LogP contribution in [0.2, 0.25) is 0 Å². The average Bonchev–Trinajstić information content (AvgIpc) is 3.22. The minimum atomic E-state index is -3.10. The number of rotatable bonds is 9. The van der Waals surface area contributed by atoms with Crippen molar-refractivity contribution in [1.82, 2.24) is 19.4 Å². The van der Waals surface area contributed by atoms with Gasteiger partial charge >= 0.3 is 0 Å². The van der Waals surface area contributed by atoms with Crippen LogP contribution in [0, 0.1) is 12.8 Å². The van der Waals surface area contributed by atoms with Gasteiger partial charge in [0.05, 0.1) is 11.4 Å². The average molecular weight is 355 g/mol. The Balaban J connectivity index is 1.50. The second-order valence-electron chi connectivity index (χ2n) is 7.41. The predicted octanol–water partition coefficient (Wildman–Crippen LogP) is 1.76. The largest absolute Gasteiger partial charge is 0.301 e. The Morgan fingerprint density at radius 2 is 2.08 bits per heavy atom. The van der Waals surface area contributed by atoms with E-state index in [4.69, 9.17) is 0 Å². The van der Waals surface area contributed by atoms with Crippen LogP contribution >= 0.6 is 0 Å². The summed E-state index contributed by atoms with van der Waals surface area (Å²) in [7, 11) is -3.10. The molecule has 0 spiro atoms. The molecule has 2 heterocycles. The van der Waals surface area contributed by atoms with Gasteiger partial charge in [-0.3, -0.25) is 4.68 Å². The van der Waals surface area contributed by atoms with Crippen molar-refractivity contribution in [3.8, 4) is 0 Å². The van der Waals surface area contributed by atoms with E-state index in [2.05, 4.69) is 34.8 Å². The van der Waals surface area contributed by atoms with Crippen LogP contribution in [0.5, 0.6) is 0 Å². The summed E-state index contributed by atoms with van der Waals surface area (Å²) in [6.45, 7) is 7.99. The molecular weight excluding hydrogens is 324 g/mol. The topological polar surface area (TPSA) is 67.2 Å². The molecular formula is C17H30N4O2S. The molecule has 2 atom stereocenters. The van der Waals surface area contributed by atoms with Crippen LogP contribution < -0.4 is 4.72 Å². The van der Waals surface area contributed by atoms with Crippen molar-refractivity contribution < 1.29 is 8.42 Å². The van der Waals surface area contributed by atoms with Crippen LogP contribution in [0.1, 0.15) is 44.6 Å². The van der Waals surface area contributed by atoms with Crippen LogP contribution in [0.25, 0.3) is 0 Å². The first-order valence-corrected chi connectivity index (χ1v) is 10.7. The molecule has 2 fully saturated rings. The van der Waals surface area contributed by atoms with Gasteiger partial charge in [-0.25, -0.2) is 13.1 Å². The molecule has 1 aliphatic heterocycles. The van der Waals surface area contributed by atoms with Gasteiger partial charge < -0.3 is 4.90 Å². The van der Waals surface area contributed by atoms with E-state index < -0.39 is 10.0 Å². The number of hydrogen-bond acceptors (Lipinski definition) is 4. The number of likely N-dealkylation sites (tertiary alicyclic amines) is 1. The smallest absolute Gasteiger partial charge is 0.214 e. The number of hydrogen-bond donors (Lipinski definition) is 1. The standard InChI is InChI=1S/C17H30N4O2S/c1-3-5-15-12-20(8-4-9-21-11-14(2)10-18-21)13-17(15)19-24(22,23)16-6-7-16/h10-11,15-17,19H,3-9,12-13H2,1-2H3/t15-,17-/m0/s1. The normalized spacial score (nSPS) is 25.4. The molecule has 0 radical (unpaired) electrons. The molecule has 0 amide bonds. The summed E-state index contributed by atoms with van der Waals surface area (Å²) in [6.07, 6.45) is 8.84. The Kier molecular flexibility index (Phi) is 5.62. The summed E-state index contributed by atoms with van der Waals surface area (Å²) in [6, 6.07) is 0.0856. The number of nitrogens with one attached hydrogen (secondary N) is 1. The summed E-state index contributed by atoms with van der Waals surface area (Å²) in [4.78, 5) is 2.41. The first-order chi connectivity index (χ1) is 11.5. The number of sulfonamides is 1. The van der Waals surface area contributed by atoms with E-state index in [9.17, 15) is 8.42 Å². The molecule has 6 nitrogen and oxygen atoms in total. The summed E-state index contributed by atoms with van der Waals surface area (Å²) in [5.74, 6) is 0.440. The van der Waals surface area contributed by atoms with Crippen molar-refractivity contribution in [1.29, 1.82) is 0 Å². The highest BCUT2D eigenvalue weighted by Crippen LogP contribution is 2.30. The van der Waals surface area contributed by atoms with Crippen LogP contribution in [0.15, 0.2) is 12.4 Å². The van der Waals surface area contributed by atoms with Gasteiger partial charge in [-0.05, 0) is 50.6 Å². The molecule has 1 aromatic heterocycles. The minimum Gasteiger partial charge on any atom is -0.301 e. The maximum absolute atomic E-state index is 12.3. The minimum absolute atomic E-state index is 0.0856. The monoisotopic (exact) mass is 354 g/mol. The fraction of sp³-hybridized carbons (Fsp3) is 0.824. The van der Waals surface area contributed by atoms with E-state index in [0.717, 1.165) is 58.3 Å². The summed E-state index contributed by atoms with van der Waals surface area (Å²) in [5, 5.41) is 4.19. The fourth-order valence-corrected chi connectivity index (χ4v) is 5.31. The van der Waals surface area contributed by atoms with E-state index in [-0.39, 0.29) is 11.3 Å². The first kappa shape index (κ1) is 17.9. The molecule has 1 saturated heterocycles. The van der Waals surface area contributed by atoms with Crippen molar-refractivity contribution in [2.45, 2.75) is 63.8 Å². The fourth-order valence-electron chi connectivity index (χ4n) is 3.67. The van der Waals surface area contributed by atoms with E-state index >= 15 is 0 Å². The predicted molar refractivity (Wildman–Crippen MR) is 95.3 cm³/mol. The van der Waals surface area contributed by atoms with Crippen molar-refractivity contribution in [3.63, 3.8) is 0 Å². The van der Waals surface area contributed by atoms with Crippen molar-refractivity contribution in [3.05, 3.63) is 18.0 Å². The maximum atomic E-state index is 12.3. The second kappa shape index (κ2) is 7.54. The molecule has 0 bridgehead atoms. The first-order valence-electron chi connectivity index (χ1n) is 9.20. The lowest BCUT2D eigenvalue weighted by atomic mass is 9.99. The lowest BCUT2D eigenvalue weighted by molar-refractivity contribution is 0.306. The number of aromatic nitrogens is 2. The van der Waals surface area contributed by atoms with E-state index in [1.165, 1.54) is 5.56 Å². The van der Waals surface area contributed by atoms with Crippen molar-refractivity contribution in [2.24, 2.45) is 5.92 Å². The zero-order valence-electron chi connectivity index (χ0n) is 14.8. The van der Waals surface area contributed by atoms with Gasteiger partial charge in [0, 0.05) is 31.9 Å². The molecule has 0 unspecified atom stereocenters. The Morgan fingerprint density at radius 3 is 2.71 bits per heavy atom. The Morgan fingerprint density at radius 1 is 1.29 bits per heavy atom. The molecule has 7 heteroatoms. The van der Waals surface area contributed by atoms with Gasteiger partial charge in [-0.1, -0.05) is 13.3 Å². The molecule has 0 aromatic carbocycles. The van der Waals surface area contributed by atoms with Crippen molar-refractivity contribution >= 4 is 10.0 Å². The van der Waals surface area contributed by atoms with E-state index in [1.54, 1.807) is 0 Å². The van der Waals surface area contributed by atoms with Crippen LogP contribution in [0.3, 0.4) is 0 Å². The van der Waals surface area contributed by atoms with Gasteiger partial charge in [0.1, 0.15) is 0 Å². The zero-order valence-corrected chi connectivity index (χ0v) is 15.6. The van der Waals surface area contributed by atoms with Crippen LogP contribution in [0.4, 0.5) is 0 Å². The molecule has 3 rings (SSSR count). The molecule has 136 valence electrons. The zero-order chi connectivity index (χ0) is 17.2. The molecule has 2 aliphatic rings. The third kappa shape index (κ3) is 4.58. The maximum Gasteiger partial charge on any atom is 0.214 e. The van der Waals surface area contributed by atoms with Gasteiger partial charge in [-0.15, -0.1) is 0 Å².